The fraction of sp³-hybridized carbons (Fsp3) is 0.0938. The highest BCUT2D eigenvalue weighted by molar-refractivity contribution is 6.12. The van der Waals surface area contributed by atoms with Gasteiger partial charge in [-0.05, 0) is 41.6 Å². The predicted molar refractivity (Wildman–Crippen MR) is 147 cm³/mol. The van der Waals surface area contributed by atoms with Crippen molar-refractivity contribution in [3.8, 4) is 5.75 Å². The van der Waals surface area contributed by atoms with Gasteiger partial charge >= 0.3 is 0 Å². The summed E-state index contributed by atoms with van der Waals surface area (Å²) in [6.07, 6.45) is 0. The van der Waals surface area contributed by atoms with E-state index in [0.29, 0.717) is 40.5 Å². The van der Waals surface area contributed by atoms with Crippen LogP contribution in [0.2, 0.25) is 0 Å². The second-order valence-electron chi connectivity index (χ2n) is 9.56. The summed E-state index contributed by atoms with van der Waals surface area (Å²) in [5.74, 6) is 1.02. The molecule has 0 aliphatic carbocycles. The van der Waals surface area contributed by atoms with E-state index in [1.165, 1.54) is 4.90 Å². The molecule has 6 aromatic rings. The van der Waals surface area contributed by atoms with E-state index in [2.05, 4.69) is 5.16 Å². The molecule has 3 heterocycles. The molecular weight excluding hydrogens is 492 g/mol. The van der Waals surface area contributed by atoms with Crippen molar-refractivity contribution in [1.82, 2.24) is 5.16 Å². The van der Waals surface area contributed by atoms with Gasteiger partial charge in [-0.25, -0.2) is 0 Å². The molecule has 0 radical (unpaired) electrons. The van der Waals surface area contributed by atoms with E-state index in [9.17, 15) is 9.59 Å². The molecule has 39 heavy (non-hydrogen) atoms. The lowest BCUT2D eigenvalue weighted by atomic mass is 9.97. The summed E-state index contributed by atoms with van der Waals surface area (Å²) in [7, 11) is 0. The number of carbonyl (C=O) groups excluding carboxylic acids is 1. The van der Waals surface area contributed by atoms with Crippen LogP contribution in [0.25, 0.3) is 21.7 Å². The minimum Gasteiger partial charge on any atom is -0.489 e. The number of hydrogen-bond acceptors (Lipinski definition) is 6. The average Bonchev–Trinajstić information content (AvgIpc) is 3.53. The van der Waals surface area contributed by atoms with Crippen LogP contribution in [0.4, 0.5) is 5.82 Å². The number of fused-ring (bicyclic) bond motifs is 4. The van der Waals surface area contributed by atoms with Gasteiger partial charge in [-0.3, -0.25) is 14.5 Å². The van der Waals surface area contributed by atoms with Crippen molar-refractivity contribution in [2.75, 3.05) is 4.90 Å². The van der Waals surface area contributed by atoms with E-state index >= 15 is 0 Å². The molecule has 4 aromatic carbocycles. The van der Waals surface area contributed by atoms with Crippen LogP contribution in [0, 0.1) is 6.92 Å². The Morgan fingerprint density at radius 3 is 2.51 bits per heavy atom. The van der Waals surface area contributed by atoms with Gasteiger partial charge in [-0.15, -0.1) is 0 Å². The van der Waals surface area contributed by atoms with E-state index in [1.807, 2.05) is 84.9 Å². The van der Waals surface area contributed by atoms with Gasteiger partial charge in [0.1, 0.15) is 23.7 Å². The van der Waals surface area contributed by atoms with Gasteiger partial charge in [0.15, 0.2) is 11.2 Å². The van der Waals surface area contributed by atoms with Crippen molar-refractivity contribution >= 4 is 33.5 Å². The third kappa shape index (κ3) is 3.78. The van der Waals surface area contributed by atoms with Crippen LogP contribution in [0.1, 0.15) is 39.0 Å². The molecular formula is C32H22N2O5. The summed E-state index contributed by atoms with van der Waals surface area (Å²) in [6, 6.07) is 29.4. The highest BCUT2D eigenvalue weighted by atomic mass is 16.5. The van der Waals surface area contributed by atoms with Crippen LogP contribution in [0.5, 0.6) is 5.75 Å². The Morgan fingerprint density at radius 1 is 0.872 bits per heavy atom. The van der Waals surface area contributed by atoms with E-state index in [-0.39, 0.29) is 16.8 Å². The van der Waals surface area contributed by atoms with Gasteiger partial charge in [-0.2, -0.15) is 0 Å². The first-order chi connectivity index (χ1) is 19.1. The van der Waals surface area contributed by atoms with Gasteiger partial charge in [0, 0.05) is 11.5 Å². The molecule has 2 aromatic heterocycles. The molecule has 190 valence electrons. The van der Waals surface area contributed by atoms with Crippen LogP contribution in [-0.2, 0) is 6.61 Å². The minimum absolute atomic E-state index is 0.00473. The number of nitrogens with zero attached hydrogens (tertiary/aromatic N) is 2. The summed E-state index contributed by atoms with van der Waals surface area (Å²) in [5.41, 5.74) is 2.13. The molecule has 1 atom stereocenters. The summed E-state index contributed by atoms with van der Waals surface area (Å²) in [6.45, 7) is 2.14. The average molecular weight is 515 g/mol. The van der Waals surface area contributed by atoms with Crippen molar-refractivity contribution in [2.45, 2.75) is 19.6 Å². The third-order valence-electron chi connectivity index (χ3n) is 7.05. The first-order valence-corrected chi connectivity index (χ1v) is 12.6. The van der Waals surface area contributed by atoms with E-state index in [0.717, 1.165) is 16.3 Å². The van der Waals surface area contributed by atoms with Crippen molar-refractivity contribution in [3.05, 3.63) is 135 Å². The predicted octanol–water partition coefficient (Wildman–Crippen LogP) is 6.57. The first kappa shape index (κ1) is 23.0. The largest absolute Gasteiger partial charge is 0.489 e. The molecule has 0 fully saturated rings. The molecule has 1 amide bonds. The fourth-order valence-corrected chi connectivity index (χ4v) is 5.23. The van der Waals surface area contributed by atoms with Crippen LogP contribution in [0.15, 0.2) is 111 Å². The Hall–Kier alpha value is -5.17. The van der Waals surface area contributed by atoms with Gasteiger partial charge in [0.05, 0.1) is 17.0 Å². The van der Waals surface area contributed by atoms with Gasteiger partial charge < -0.3 is 13.7 Å². The summed E-state index contributed by atoms with van der Waals surface area (Å²) in [4.78, 5) is 29.4. The Bertz CT molecular complexity index is 1940. The number of ether oxygens (including phenoxy) is 1. The van der Waals surface area contributed by atoms with E-state index in [1.54, 1.807) is 19.1 Å². The molecule has 0 unspecified atom stereocenters. The van der Waals surface area contributed by atoms with E-state index in [4.69, 9.17) is 13.7 Å². The molecule has 1 aliphatic rings. The SMILES string of the molecule is Cc1cc(N2C(=O)c3oc4c(ccc5ccccc54)c(=O)c3[C@H]2c2cccc(OCc3ccccc3)c2)no1. The molecule has 7 heteroatoms. The molecule has 0 saturated carbocycles. The number of aryl methyl sites for hydroxylation is 1. The number of hydrogen-bond donors (Lipinski definition) is 0. The van der Waals surface area contributed by atoms with Crippen LogP contribution >= 0.6 is 0 Å². The standard InChI is InChI=1S/C32H22N2O5/c1-19-16-26(33-39-19)34-28(22-11-7-12-23(17-22)37-18-20-8-3-2-4-9-20)27-29(35)25-15-14-21-10-5-6-13-24(21)30(25)38-31(27)32(34)36/h2-17,28H,18H2,1H3/t28-/m1/s1. The van der Waals surface area contributed by atoms with Crippen molar-refractivity contribution in [1.29, 1.82) is 0 Å². The topological polar surface area (TPSA) is 85.8 Å². The number of amides is 1. The summed E-state index contributed by atoms with van der Waals surface area (Å²) in [5, 5.41) is 6.21. The first-order valence-electron chi connectivity index (χ1n) is 12.6. The summed E-state index contributed by atoms with van der Waals surface area (Å²) >= 11 is 0. The maximum absolute atomic E-state index is 14.1. The zero-order valence-electron chi connectivity index (χ0n) is 21.0. The highest BCUT2D eigenvalue weighted by Gasteiger charge is 2.45. The maximum atomic E-state index is 14.1. The highest BCUT2D eigenvalue weighted by Crippen LogP contribution is 2.42. The van der Waals surface area contributed by atoms with Gasteiger partial charge in [0.25, 0.3) is 5.91 Å². The Labute approximate surface area is 222 Å². The summed E-state index contributed by atoms with van der Waals surface area (Å²) < 4.78 is 17.6. The van der Waals surface area contributed by atoms with Crippen molar-refractivity contribution < 1.29 is 18.5 Å². The third-order valence-corrected chi connectivity index (χ3v) is 7.05. The zero-order valence-corrected chi connectivity index (χ0v) is 21.0. The Morgan fingerprint density at radius 2 is 1.69 bits per heavy atom. The second kappa shape index (κ2) is 8.99. The number of benzene rings is 4. The van der Waals surface area contributed by atoms with Crippen molar-refractivity contribution in [2.24, 2.45) is 0 Å². The quantitative estimate of drug-likeness (QED) is 0.242. The lowest BCUT2D eigenvalue weighted by Crippen LogP contribution is -2.29. The molecule has 1 aliphatic heterocycles. The monoisotopic (exact) mass is 514 g/mol. The number of aromatic nitrogens is 1. The number of carbonyl (C=O) groups is 1. The molecule has 0 N–H and O–H groups in total. The maximum Gasteiger partial charge on any atom is 0.296 e. The fourth-order valence-electron chi connectivity index (χ4n) is 5.23. The van der Waals surface area contributed by atoms with E-state index < -0.39 is 11.9 Å². The second-order valence-corrected chi connectivity index (χ2v) is 9.56. The number of rotatable bonds is 5. The van der Waals surface area contributed by atoms with Gasteiger partial charge in [-0.1, -0.05) is 78.0 Å². The number of anilines is 1. The lowest BCUT2D eigenvalue weighted by molar-refractivity contribution is 0.0969. The van der Waals surface area contributed by atoms with Crippen LogP contribution in [-0.4, -0.2) is 11.1 Å². The normalized spacial score (nSPS) is 14.7. The molecule has 0 saturated heterocycles. The van der Waals surface area contributed by atoms with Crippen LogP contribution < -0.4 is 15.1 Å². The smallest absolute Gasteiger partial charge is 0.296 e. The molecule has 7 nitrogen and oxygen atoms in total. The zero-order chi connectivity index (χ0) is 26.5. The van der Waals surface area contributed by atoms with Gasteiger partial charge in [0.2, 0.25) is 5.76 Å². The lowest BCUT2D eigenvalue weighted by Gasteiger charge is -2.23. The molecule has 0 spiro atoms. The molecule has 7 rings (SSSR count). The van der Waals surface area contributed by atoms with Crippen molar-refractivity contribution in [3.63, 3.8) is 0 Å². The Kier molecular flexibility index (Phi) is 5.30. The molecule has 0 bridgehead atoms. The minimum atomic E-state index is -0.774. The van der Waals surface area contributed by atoms with Crippen LogP contribution in [0.3, 0.4) is 0 Å². The Balaban J connectivity index is 1.40.